The number of nitrogens with two attached hydrogens (primary N) is 1. The number of rotatable bonds is 6. The highest BCUT2D eigenvalue weighted by Gasteiger charge is 2.14. The van der Waals surface area contributed by atoms with E-state index < -0.39 is 0 Å². The Morgan fingerprint density at radius 1 is 1.18 bits per heavy atom. The predicted octanol–water partition coefficient (Wildman–Crippen LogP) is 4.58. The summed E-state index contributed by atoms with van der Waals surface area (Å²) in [6.45, 7) is 4.82. The van der Waals surface area contributed by atoms with Crippen LogP contribution in [0.3, 0.4) is 0 Å². The van der Waals surface area contributed by atoms with Crippen LogP contribution in [0.25, 0.3) is 0 Å². The molecule has 0 aliphatic carbocycles. The fraction of sp³-hybridized carbons (Fsp3) is 0.538. The Hall–Kier alpha value is -0.440. The van der Waals surface area contributed by atoms with Gasteiger partial charge in [-0.2, -0.15) is 0 Å². The topological polar surface area (TPSA) is 35.2 Å². The van der Waals surface area contributed by atoms with Crippen LogP contribution in [0.1, 0.15) is 44.7 Å². The Kier molecular flexibility index (Phi) is 6.10. The van der Waals surface area contributed by atoms with Crippen LogP contribution < -0.4 is 10.5 Å². The van der Waals surface area contributed by atoms with Crippen LogP contribution in [0.4, 0.5) is 0 Å². The van der Waals surface area contributed by atoms with Gasteiger partial charge in [0.2, 0.25) is 0 Å². The first kappa shape index (κ1) is 14.6. The van der Waals surface area contributed by atoms with Gasteiger partial charge in [0, 0.05) is 17.7 Å². The van der Waals surface area contributed by atoms with Crippen LogP contribution in [-0.4, -0.2) is 6.61 Å². The predicted molar refractivity (Wildman–Crippen MR) is 74.1 cm³/mol. The number of benzene rings is 1. The van der Waals surface area contributed by atoms with Gasteiger partial charge in [-0.05, 0) is 18.9 Å². The molecular formula is C13H19Cl2NO. The van der Waals surface area contributed by atoms with E-state index in [1.807, 2.05) is 6.07 Å². The molecule has 2 nitrogen and oxygen atoms in total. The molecule has 0 radical (unpaired) electrons. The molecular weight excluding hydrogens is 257 g/mol. The van der Waals surface area contributed by atoms with Crippen molar-refractivity contribution in [1.29, 1.82) is 0 Å². The molecule has 0 saturated carbocycles. The van der Waals surface area contributed by atoms with Crippen molar-refractivity contribution < 1.29 is 4.74 Å². The second-order valence-corrected chi connectivity index (χ2v) is 4.86. The molecule has 0 bridgehead atoms. The van der Waals surface area contributed by atoms with Crippen LogP contribution in [0.15, 0.2) is 12.1 Å². The zero-order valence-corrected chi connectivity index (χ0v) is 11.8. The molecule has 4 heteroatoms. The zero-order chi connectivity index (χ0) is 12.8. The summed E-state index contributed by atoms with van der Waals surface area (Å²) in [7, 11) is 0. The Morgan fingerprint density at radius 2 is 1.82 bits per heavy atom. The monoisotopic (exact) mass is 275 g/mol. The van der Waals surface area contributed by atoms with Crippen molar-refractivity contribution in [2.45, 2.75) is 39.2 Å². The Balaban J connectivity index is 3.02. The van der Waals surface area contributed by atoms with Gasteiger partial charge in [-0.15, -0.1) is 0 Å². The van der Waals surface area contributed by atoms with E-state index in [1.54, 1.807) is 6.07 Å². The maximum absolute atomic E-state index is 6.12. The minimum Gasteiger partial charge on any atom is -0.493 e. The second-order valence-electron chi connectivity index (χ2n) is 4.05. The summed E-state index contributed by atoms with van der Waals surface area (Å²) in [5.74, 6) is 0.752. The van der Waals surface area contributed by atoms with Gasteiger partial charge in [0.05, 0.1) is 16.7 Å². The molecule has 0 aromatic heterocycles. The largest absolute Gasteiger partial charge is 0.493 e. The first-order valence-electron chi connectivity index (χ1n) is 5.97. The van der Waals surface area contributed by atoms with E-state index >= 15 is 0 Å². The van der Waals surface area contributed by atoms with Gasteiger partial charge in [0.25, 0.3) is 0 Å². The molecule has 1 aromatic rings. The highest BCUT2D eigenvalue weighted by molar-refractivity contribution is 6.42. The van der Waals surface area contributed by atoms with E-state index in [-0.39, 0.29) is 6.04 Å². The SMILES string of the molecule is CCCOc1cc(Cl)c(Cl)cc1C(N)CCC. The summed E-state index contributed by atoms with van der Waals surface area (Å²) in [5.41, 5.74) is 7.05. The highest BCUT2D eigenvalue weighted by atomic mass is 35.5. The summed E-state index contributed by atoms with van der Waals surface area (Å²) in [5, 5.41) is 1.03. The lowest BCUT2D eigenvalue weighted by atomic mass is 10.0. The summed E-state index contributed by atoms with van der Waals surface area (Å²) in [4.78, 5) is 0. The van der Waals surface area contributed by atoms with Crippen molar-refractivity contribution >= 4 is 23.2 Å². The van der Waals surface area contributed by atoms with Crippen molar-refractivity contribution in [3.05, 3.63) is 27.7 Å². The van der Waals surface area contributed by atoms with Crippen LogP contribution in [0, 0.1) is 0 Å². The molecule has 0 saturated heterocycles. The summed E-state index contributed by atoms with van der Waals surface area (Å²) < 4.78 is 5.67. The molecule has 96 valence electrons. The first-order chi connectivity index (χ1) is 8.10. The number of hydrogen-bond donors (Lipinski definition) is 1. The molecule has 0 spiro atoms. The normalized spacial score (nSPS) is 12.5. The minimum atomic E-state index is -0.0541. The molecule has 1 aromatic carbocycles. The molecule has 1 rings (SSSR count). The molecule has 1 atom stereocenters. The van der Waals surface area contributed by atoms with Crippen molar-refractivity contribution in [3.8, 4) is 5.75 Å². The minimum absolute atomic E-state index is 0.0541. The van der Waals surface area contributed by atoms with E-state index in [0.717, 1.165) is 30.6 Å². The van der Waals surface area contributed by atoms with Gasteiger partial charge in [0.1, 0.15) is 5.75 Å². The van der Waals surface area contributed by atoms with Crippen molar-refractivity contribution in [2.75, 3.05) is 6.61 Å². The Morgan fingerprint density at radius 3 is 2.41 bits per heavy atom. The standard InChI is InChI=1S/C13H19Cl2NO/c1-3-5-12(16)9-7-10(14)11(15)8-13(9)17-6-4-2/h7-8,12H,3-6,16H2,1-2H3. The van der Waals surface area contributed by atoms with Gasteiger partial charge < -0.3 is 10.5 Å². The van der Waals surface area contributed by atoms with E-state index in [9.17, 15) is 0 Å². The first-order valence-corrected chi connectivity index (χ1v) is 6.73. The summed E-state index contributed by atoms with van der Waals surface area (Å²) >= 11 is 12.0. The lowest BCUT2D eigenvalue weighted by Crippen LogP contribution is -2.12. The average Bonchev–Trinajstić information content (AvgIpc) is 2.30. The van der Waals surface area contributed by atoms with Gasteiger partial charge in [-0.1, -0.05) is 43.5 Å². The van der Waals surface area contributed by atoms with E-state index in [0.29, 0.717) is 16.7 Å². The molecule has 0 heterocycles. The van der Waals surface area contributed by atoms with E-state index in [2.05, 4.69) is 13.8 Å². The number of halogens is 2. The summed E-state index contributed by atoms with van der Waals surface area (Å²) in [6.07, 6.45) is 2.87. The van der Waals surface area contributed by atoms with Gasteiger partial charge in [0.15, 0.2) is 0 Å². The van der Waals surface area contributed by atoms with Crippen molar-refractivity contribution in [2.24, 2.45) is 5.73 Å². The molecule has 17 heavy (non-hydrogen) atoms. The van der Waals surface area contributed by atoms with Crippen LogP contribution in [-0.2, 0) is 0 Å². The third kappa shape index (κ3) is 4.06. The zero-order valence-electron chi connectivity index (χ0n) is 10.3. The van der Waals surface area contributed by atoms with Gasteiger partial charge in [-0.3, -0.25) is 0 Å². The molecule has 0 fully saturated rings. The maximum atomic E-state index is 6.12. The maximum Gasteiger partial charge on any atom is 0.125 e. The van der Waals surface area contributed by atoms with Gasteiger partial charge in [-0.25, -0.2) is 0 Å². The molecule has 2 N–H and O–H groups in total. The molecule has 0 aliphatic rings. The van der Waals surface area contributed by atoms with Crippen molar-refractivity contribution in [3.63, 3.8) is 0 Å². The Labute approximate surface area is 113 Å². The van der Waals surface area contributed by atoms with E-state index in [4.69, 9.17) is 33.7 Å². The Bertz CT molecular complexity index is 369. The molecule has 1 unspecified atom stereocenters. The third-order valence-electron chi connectivity index (χ3n) is 2.51. The van der Waals surface area contributed by atoms with Crippen molar-refractivity contribution in [1.82, 2.24) is 0 Å². The molecule has 0 aliphatic heterocycles. The number of ether oxygens (including phenoxy) is 1. The number of hydrogen-bond acceptors (Lipinski definition) is 2. The highest BCUT2D eigenvalue weighted by Crippen LogP contribution is 2.34. The van der Waals surface area contributed by atoms with Gasteiger partial charge >= 0.3 is 0 Å². The molecule has 0 amide bonds. The van der Waals surface area contributed by atoms with Crippen LogP contribution in [0.2, 0.25) is 10.0 Å². The van der Waals surface area contributed by atoms with Crippen LogP contribution >= 0.6 is 23.2 Å². The summed E-state index contributed by atoms with van der Waals surface area (Å²) in [6, 6.07) is 3.52. The lowest BCUT2D eigenvalue weighted by Gasteiger charge is -2.17. The average molecular weight is 276 g/mol. The quantitative estimate of drug-likeness (QED) is 0.825. The fourth-order valence-electron chi connectivity index (χ4n) is 1.64. The second kappa shape index (κ2) is 7.10. The fourth-order valence-corrected chi connectivity index (χ4v) is 1.96. The third-order valence-corrected chi connectivity index (χ3v) is 3.24. The lowest BCUT2D eigenvalue weighted by molar-refractivity contribution is 0.311. The smallest absolute Gasteiger partial charge is 0.125 e. The van der Waals surface area contributed by atoms with E-state index in [1.165, 1.54) is 0 Å². The van der Waals surface area contributed by atoms with Crippen LogP contribution in [0.5, 0.6) is 5.75 Å².